The SMILES string of the molecule is COCCN1C(=O)[C@@H]2[C@H](C1=O)[C@@H]1C=Cc3cc(F)ccc3N1[C@@H]2C(=O)c1ccccc1Cl. The molecule has 0 saturated carbocycles. The van der Waals surface area contributed by atoms with Crippen LogP contribution in [0.2, 0.25) is 5.02 Å². The second kappa shape index (κ2) is 7.83. The molecule has 0 aliphatic carbocycles. The smallest absolute Gasteiger partial charge is 0.235 e. The van der Waals surface area contributed by atoms with Gasteiger partial charge in [-0.15, -0.1) is 0 Å². The molecule has 4 atom stereocenters. The molecule has 5 rings (SSSR count). The predicted octanol–water partition coefficient (Wildman–Crippen LogP) is 3.19. The van der Waals surface area contributed by atoms with E-state index in [1.54, 1.807) is 47.4 Å². The van der Waals surface area contributed by atoms with E-state index >= 15 is 0 Å². The van der Waals surface area contributed by atoms with E-state index < -0.39 is 35.6 Å². The van der Waals surface area contributed by atoms with Crippen LogP contribution in [-0.4, -0.2) is 54.8 Å². The number of halogens is 2. The molecular weight excluding hydrogens is 435 g/mol. The van der Waals surface area contributed by atoms with Crippen LogP contribution in [-0.2, 0) is 14.3 Å². The van der Waals surface area contributed by atoms with E-state index in [1.165, 1.54) is 24.1 Å². The van der Waals surface area contributed by atoms with Gasteiger partial charge in [0.05, 0.1) is 36.1 Å². The van der Waals surface area contributed by atoms with Gasteiger partial charge in [-0.05, 0) is 30.3 Å². The van der Waals surface area contributed by atoms with Crippen LogP contribution in [0.1, 0.15) is 15.9 Å². The number of hydrogen-bond donors (Lipinski definition) is 0. The molecule has 32 heavy (non-hydrogen) atoms. The van der Waals surface area contributed by atoms with Crippen LogP contribution in [0.5, 0.6) is 0 Å². The standard InChI is InChI=1S/C24H20ClFN2O4/c1-32-11-10-27-23(30)19-18-8-6-13-12-14(26)7-9-17(13)28(18)21(20(19)24(27)31)22(29)15-4-2-3-5-16(15)25/h2-9,12,18-21H,10-11H2,1H3/t18-,19+,20+,21-/m0/s1. The molecular formula is C24H20ClFN2O4. The maximum absolute atomic E-state index is 13.9. The molecule has 0 aromatic heterocycles. The minimum absolute atomic E-state index is 0.131. The van der Waals surface area contributed by atoms with Crippen molar-refractivity contribution in [2.75, 3.05) is 25.2 Å². The number of anilines is 1. The number of likely N-dealkylation sites (tertiary alicyclic amines) is 1. The number of nitrogens with zero attached hydrogens (tertiary/aromatic N) is 2. The number of methoxy groups -OCH3 is 1. The van der Waals surface area contributed by atoms with Gasteiger partial charge in [-0.3, -0.25) is 19.3 Å². The molecule has 6 nitrogen and oxygen atoms in total. The first-order chi connectivity index (χ1) is 15.4. The third-order valence-corrected chi connectivity index (χ3v) is 6.82. The molecule has 3 aliphatic heterocycles. The van der Waals surface area contributed by atoms with Crippen molar-refractivity contribution in [3.05, 3.63) is 70.5 Å². The first-order valence-electron chi connectivity index (χ1n) is 10.3. The zero-order valence-corrected chi connectivity index (χ0v) is 18.0. The summed E-state index contributed by atoms with van der Waals surface area (Å²) in [5, 5.41) is 0.275. The Morgan fingerprint density at radius 3 is 2.62 bits per heavy atom. The molecule has 2 fully saturated rings. The number of carbonyl (C=O) groups excluding carboxylic acids is 3. The van der Waals surface area contributed by atoms with Gasteiger partial charge in [-0.2, -0.15) is 0 Å². The van der Waals surface area contributed by atoms with Crippen molar-refractivity contribution in [3.8, 4) is 0 Å². The van der Waals surface area contributed by atoms with E-state index in [0.29, 0.717) is 11.3 Å². The third-order valence-electron chi connectivity index (χ3n) is 6.49. The monoisotopic (exact) mass is 454 g/mol. The van der Waals surface area contributed by atoms with Gasteiger partial charge in [0.1, 0.15) is 11.9 Å². The summed E-state index contributed by atoms with van der Waals surface area (Å²) in [5.74, 6) is -3.05. The predicted molar refractivity (Wildman–Crippen MR) is 117 cm³/mol. The average Bonchev–Trinajstić information content (AvgIpc) is 3.25. The Bertz CT molecular complexity index is 1170. The lowest BCUT2D eigenvalue weighted by Crippen LogP contribution is -2.49. The number of fused-ring (bicyclic) bond motifs is 5. The van der Waals surface area contributed by atoms with E-state index in [-0.39, 0.29) is 35.4 Å². The zero-order chi connectivity index (χ0) is 22.6. The van der Waals surface area contributed by atoms with Crippen molar-refractivity contribution in [2.45, 2.75) is 12.1 Å². The highest BCUT2D eigenvalue weighted by molar-refractivity contribution is 6.34. The topological polar surface area (TPSA) is 66.9 Å². The van der Waals surface area contributed by atoms with Crippen molar-refractivity contribution in [3.63, 3.8) is 0 Å². The average molecular weight is 455 g/mol. The summed E-state index contributed by atoms with van der Waals surface area (Å²) >= 11 is 6.32. The maximum atomic E-state index is 13.9. The highest BCUT2D eigenvalue weighted by Gasteiger charge is 2.63. The van der Waals surface area contributed by atoms with Crippen LogP contribution in [0, 0.1) is 17.7 Å². The summed E-state index contributed by atoms with van der Waals surface area (Å²) in [6, 6.07) is 9.49. The Kier molecular flexibility index (Phi) is 5.10. The Labute approximate surface area is 189 Å². The number of Topliss-reactive ketones (excluding diaryl/α,β-unsaturated/α-hetero) is 1. The highest BCUT2D eigenvalue weighted by Crippen LogP contribution is 2.49. The number of ketones is 1. The van der Waals surface area contributed by atoms with Crippen LogP contribution >= 0.6 is 11.6 Å². The lowest BCUT2D eigenvalue weighted by Gasteiger charge is -2.36. The van der Waals surface area contributed by atoms with Gasteiger partial charge >= 0.3 is 0 Å². The Balaban J connectivity index is 1.64. The van der Waals surface area contributed by atoms with E-state index in [9.17, 15) is 18.8 Å². The number of carbonyl (C=O) groups is 3. The fourth-order valence-corrected chi connectivity index (χ4v) is 5.36. The molecule has 0 N–H and O–H groups in total. The van der Waals surface area contributed by atoms with Crippen LogP contribution in [0.3, 0.4) is 0 Å². The van der Waals surface area contributed by atoms with Gasteiger partial charge in [0.15, 0.2) is 5.78 Å². The first kappa shape index (κ1) is 20.8. The second-order valence-corrected chi connectivity index (χ2v) is 8.53. The molecule has 2 amide bonds. The summed E-state index contributed by atoms with van der Waals surface area (Å²) in [4.78, 5) is 43.5. The van der Waals surface area contributed by atoms with Crippen molar-refractivity contribution in [2.24, 2.45) is 11.8 Å². The van der Waals surface area contributed by atoms with Crippen molar-refractivity contribution in [1.29, 1.82) is 0 Å². The molecule has 0 unspecified atom stereocenters. The molecule has 0 bridgehead atoms. The minimum Gasteiger partial charge on any atom is -0.383 e. The summed E-state index contributed by atoms with van der Waals surface area (Å²) in [7, 11) is 1.50. The molecule has 2 saturated heterocycles. The van der Waals surface area contributed by atoms with Crippen molar-refractivity contribution in [1.82, 2.24) is 4.90 Å². The number of benzene rings is 2. The Morgan fingerprint density at radius 1 is 1.12 bits per heavy atom. The van der Waals surface area contributed by atoms with Crippen LogP contribution in [0.25, 0.3) is 6.08 Å². The molecule has 164 valence electrons. The maximum Gasteiger partial charge on any atom is 0.235 e. The van der Waals surface area contributed by atoms with E-state index in [4.69, 9.17) is 16.3 Å². The van der Waals surface area contributed by atoms with Crippen LogP contribution in [0.15, 0.2) is 48.5 Å². The lowest BCUT2D eigenvalue weighted by molar-refractivity contribution is -0.141. The van der Waals surface area contributed by atoms with Crippen molar-refractivity contribution >= 4 is 41.0 Å². The summed E-state index contributed by atoms with van der Waals surface area (Å²) < 4.78 is 18.9. The summed E-state index contributed by atoms with van der Waals surface area (Å²) in [6.07, 6.45) is 3.53. The highest BCUT2D eigenvalue weighted by atomic mass is 35.5. The van der Waals surface area contributed by atoms with Crippen molar-refractivity contribution < 1.29 is 23.5 Å². The molecule has 3 aliphatic rings. The summed E-state index contributed by atoms with van der Waals surface area (Å²) in [5.41, 5.74) is 1.49. The van der Waals surface area contributed by atoms with Gasteiger partial charge in [0, 0.05) is 23.9 Å². The van der Waals surface area contributed by atoms with Crippen LogP contribution in [0.4, 0.5) is 10.1 Å². The molecule has 0 radical (unpaired) electrons. The van der Waals surface area contributed by atoms with E-state index in [2.05, 4.69) is 0 Å². The Hall–Kier alpha value is -3.03. The first-order valence-corrected chi connectivity index (χ1v) is 10.7. The fourth-order valence-electron chi connectivity index (χ4n) is 5.13. The number of hydrogen-bond acceptors (Lipinski definition) is 5. The van der Waals surface area contributed by atoms with E-state index in [0.717, 1.165) is 0 Å². The van der Waals surface area contributed by atoms with Gasteiger partial charge in [0.2, 0.25) is 11.8 Å². The number of rotatable bonds is 5. The molecule has 2 aromatic rings. The molecule has 8 heteroatoms. The largest absolute Gasteiger partial charge is 0.383 e. The molecule has 0 spiro atoms. The molecule has 2 aromatic carbocycles. The number of imide groups is 1. The normalized spacial score (nSPS) is 25.7. The lowest BCUT2D eigenvalue weighted by atomic mass is 9.86. The minimum atomic E-state index is -0.942. The number of ether oxygens (including phenoxy) is 1. The number of amides is 2. The third kappa shape index (κ3) is 2.99. The van der Waals surface area contributed by atoms with Crippen LogP contribution < -0.4 is 4.90 Å². The van der Waals surface area contributed by atoms with Gasteiger partial charge in [-0.25, -0.2) is 4.39 Å². The Morgan fingerprint density at radius 2 is 1.88 bits per heavy atom. The zero-order valence-electron chi connectivity index (χ0n) is 17.2. The quantitative estimate of drug-likeness (QED) is 0.512. The summed E-state index contributed by atoms with van der Waals surface area (Å²) in [6.45, 7) is 0.346. The molecule has 3 heterocycles. The van der Waals surface area contributed by atoms with Gasteiger partial charge in [-0.1, -0.05) is 35.9 Å². The second-order valence-electron chi connectivity index (χ2n) is 8.12. The van der Waals surface area contributed by atoms with Gasteiger partial charge in [0.25, 0.3) is 0 Å². The van der Waals surface area contributed by atoms with Gasteiger partial charge < -0.3 is 9.64 Å². The van der Waals surface area contributed by atoms with E-state index in [1.807, 2.05) is 0 Å². The fraction of sp³-hybridized carbons (Fsp3) is 0.292.